The van der Waals surface area contributed by atoms with Crippen molar-refractivity contribution in [2.45, 2.75) is 25.3 Å². The van der Waals surface area contributed by atoms with E-state index in [9.17, 15) is 4.79 Å². The summed E-state index contributed by atoms with van der Waals surface area (Å²) in [4.78, 5) is 11.9. The Bertz CT molecular complexity index is 565. The van der Waals surface area contributed by atoms with Gasteiger partial charge in [0, 0.05) is 19.8 Å². The Morgan fingerprint density at radius 3 is 2.71 bits per heavy atom. The van der Waals surface area contributed by atoms with Crippen LogP contribution in [0.3, 0.4) is 0 Å². The maximum Gasteiger partial charge on any atom is 0.236 e. The number of amides is 1. The molecule has 1 atom stereocenters. The van der Waals surface area contributed by atoms with Crippen LogP contribution in [0.15, 0.2) is 42.7 Å². The minimum absolute atomic E-state index is 0.0881. The molecule has 0 fully saturated rings. The summed E-state index contributed by atoms with van der Waals surface area (Å²) < 4.78 is 1.75. The minimum atomic E-state index is -0.459. The lowest BCUT2D eigenvalue weighted by Gasteiger charge is -2.12. The maximum atomic E-state index is 11.9. The lowest BCUT2D eigenvalue weighted by molar-refractivity contribution is -0.122. The summed E-state index contributed by atoms with van der Waals surface area (Å²) in [6.07, 6.45) is 5.99. The highest BCUT2D eigenvalue weighted by Crippen LogP contribution is 2.04. The smallest absolute Gasteiger partial charge is 0.236 e. The Kier molecular flexibility index (Phi) is 5.51. The summed E-state index contributed by atoms with van der Waals surface area (Å²) in [5, 5.41) is 6.97. The summed E-state index contributed by atoms with van der Waals surface area (Å²) in [6.45, 7) is 0.587. The molecule has 5 heteroatoms. The number of nitrogens with one attached hydrogen (secondary N) is 1. The number of nitrogens with two attached hydrogens (primary N) is 1. The predicted octanol–water partition coefficient (Wildman–Crippen LogP) is 1.04. The molecule has 0 aliphatic heterocycles. The fraction of sp³-hybridized carbons (Fsp3) is 0.375. The van der Waals surface area contributed by atoms with Gasteiger partial charge in [-0.2, -0.15) is 5.10 Å². The third-order valence-electron chi connectivity index (χ3n) is 3.39. The van der Waals surface area contributed by atoms with Gasteiger partial charge in [-0.05, 0) is 30.4 Å². The fourth-order valence-corrected chi connectivity index (χ4v) is 2.16. The first-order chi connectivity index (χ1) is 10.1. The van der Waals surface area contributed by atoms with Gasteiger partial charge in [0.2, 0.25) is 5.91 Å². The molecule has 1 heterocycles. The zero-order chi connectivity index (χ0) is 15.1. The zero-order valence-electron chi connectivity index (χ0n) is 12.3. The third kappa shape index (κ3) is 5.04. The zero-order valence-corrected chi connectivity index (χ0v) is 12.3. The van der Waals surface area contributed by atoms with Gasteiger partial charge in [0.15, 0.2) is 0 Å². The van der Waals surface area contributed by atoms with Crippen LogP contribution >= 0.6 is 0 Å². The van der Waals surface area contributed by atoms with Crippen molar-refractivity contribution in [3.8, 4) is 0 Å². The maximum absolute atomic E-state index is 11.9. The van der Waals surface area contributed by atoms with E-state index < -0.39 is 6.04 Å². The Balaban J connectivity index is 1.67. The fourth-order valence-electron chi connectivity index (χ4n) is 2.16. The topological polar surface area (TPSA) is 72.9 Å². The van der Waals surface area contributed by atoms with Crippen molar-refractivity contribution in [1.29, 1.82) is 0 Å². The molecule has 0 aliphatic carbocycles. The van der Waals surface area contributed by atoms with Crippen LogP contribution < -0.4 is 11.1 Å². The van der Waals surface area contributed by atoms with Crippen molar-refractivity contribution in [2.24, 2.45) is 12.8 Å². The monoisotopic (exact) mass is 286 g/mol. The van der Waals surface area contributed by atoms with Gasteiger partial charge in [-0.1, -0.05) is 30.3 Å². The molecule has 21 heavy (non-hydrogen) atoms. The molecule has 1 amide bonds. The third-order valence-corrected chi connectivity index (χ3v) is 3.39. The first kappa shape index (κ1) is 15.3. The molecule has 5 nitrogen and oxygen atoms in total. The molecule has 112 valence electrons. The van der Waals surface area contributed by atoms with Crippen LogP contribution in [0.1, 0.15) is 17.5 Å². The van der Waals surface area contributed by atoms with E-state index in [0.29, 0.717) is 13.0 Å². The first-order valence-electron chi connectivity index (χ1n) is 7.20. The molecule has 1 aromatic carbocycles. The highest BCUT2D eigenvalue weighted by Gasteiger charge is 2.12. The number of aryl methyl sites for hydroxylation is 2. The normalized spacial score (nSPS) is 12.1. The largest absolute Gasteiger partial charge is 0.354 e. The number of carbonyl (C=O) groups excluding carboxylic acids is 1. The SMILES string of the molecule is Cn1cc(CCNC(=O)[C@@H](N)CCc2ccccc2)cn1. The molecule has 0 spiro atoms. The summed E-state index contributed by atoms with van der Waals surface area (Å²) in [5.41, 5.74) is 8.23. The number of nitrogens with zero attached hydrogens (tertiary/aromatic N) is 2. The van der Waals surface area contributed by atoms with Crippen molar-refractivity contribution in [3.63, 3.8) is 0 Å². The Morgan fingerprint density at radius 1 is 1.29 bits per heavy atom. The van der Waals surface area contributed by atoms with E-state index in [2.05, 4.69) is 10.4 Å². The van der Waals surface area contributed by atoms with Crippen molar-refractivity contribution < 1.29 is 4.79 Å². The van der Waals surface area contributed by atoms with Crippen LogP contribution in [0.2, 0.25) is 0 Å². The highest BCUT2D eigenvalue weighted by molar-refractivity contribution is 5.81. The van der Waals surface area contributed by atoms with Gasteiger partial charge in [-0.3, -0.25) is 9.48 Å². The molecule has 1 aromatic heterocycles. The van der Waals surface area contributed by atoms with E-state index in [1.165, 1.54) is 5.56 Å². The molecule has 0 radical (unpaired) electrons. The van der Waals surface area contributed by atoms with Crippen LogP contribution in [-0.4, -0.2) is 28.3 Å². The lowest BCUT2D eigenvalue weighted by Crippen LogP contribution is -2.41. The number of carbonyl (C=O) groups is 1. The second-order valence-electron chi connectivity index (χ2n) is 5.19. The van der Waals surface area contributed by atoms with E-state index in [-0.39, 0.29) is 5.91 Å². The van der Waals surface area contributed by atoms with Gasteiger partial charge in [-0.15, -0.1) is 0 Å². The van der Waals surface area contributed by atoms with Gasteiger partial charge in [0.05, 0.1) is 12.2 Å². The Hall–Kier alpha value is -2.14. The Labute approximate surface area is 125 Å². The van der Waals surface area contributed by atoms with E-state index in [4.69, 9.17) is 5.73 Å². The summed E-state index contributed by atoms with van der Waals surface area (Å²) in [6, 6.07) is 9.61. The van der Waals surface area contributed by atoms with Crippen molar-refractivity contribution >= 4 is 5.91 Å². The number of aromatic nitrogens is 2. The van der Waals surface area contributed by atoms with Crippen LogP contribution in [0.4, 0.5) is 0 Å². The van der Waals surface area contributed by atoms with E-state index in [1.54, 1.807) is 4.68 Å². The molecule has 0 bridgehead atoms. The van der Waals surface area contributed by atoms with Gasteiger partial charge < -0.3 is 11.1 Å². The molecule has 2 rings (SSSR count). The van der Waals surface area contributed by atoms with Crippen LogP contribution in [0, 0.1) is 0 Å². The van der Waals surface area contributed by atoms with Crippen LogP contribution in [0.25, 0.3) is 0 Å². The lowest BCUT2D eigenvalue weighted by atomic mass is 10.1. The van der Waals surface area contributed by atoms with E-state index in [0.717, 1.165) is 18.4 Å². The molecular formula is C16H22N4O. The van der Waals surface area contributed by atoms with Gasteiger partial charge in [0.1, 0.15) is 0 Å². The molecule has 3 N–H and O–H groups in total. The van der Waals surface area contributed by atoms with Crippen LogP contribution in [0.5, 0.6) is 0 Å². The van der Waals surface area contributed by atoms with Crippen molar-refractivity contribution in [2.75, 3.05) is 6.54 Å². The van der Waals surface area contributed by atoms with Gasteiger partial charge >= 0.3 is 0 Å². The van der Waals surface area contributed by atoms with Gasteiger partial charge in [0.25, 0.3) is 0 Å². The summed E-state index contributed by atoms with van der Waals surface area (Å²) in [7, 11) is 1.88. The van der Waals surface area contributed by atoms with Crippen molar-refractivity contribution in [3.05, 3.63) is 53.9 Å². The molecule has 0 saturated carbocycles. The standard InChI is InChI=1S/C16H22N4O/c1-20-12-14(11-19-20)9-10-18-16(21)15(17)8-7-13-5-3-2-4-6-13/h2-6,11-12,15H,7-10,17H2,1H3,(H,18,21)/t15-/m0/s1. The average Bonchev–Trinajstić information content (AvgIpc) is 2.91. The van der Waals surface area contributed by atoms with E-state index >= 15 is 0 Å². The molecule has 0 saturated heterocycles. The quantitative estimate of drug-likeness (QED) is 0.798. The number of hydrogen-bond acceptors (Lipinski definition) is 3. The van der Waals surface area contributed by atoms with E-state index in [1.807, 2.05) is 49.8 Å². The second-order valence-corrected chi connectivity index (χ2v) is 5.19. The predicted molar refractivity (Wildman–Crippen MR) is 82.7 cm³/mol. The second kappa shape index (κ2) is 7.59. The number of rotatable bonds is 7. The average molecular weight is 286 g/mol. The summed E-state index contributed by atoms with van der Waals surface area (Å²) in [5.74, 6) is -0.0881. The summed E-state index contributed by atoms with van der Waals surface area (Å²) >= 11 is 0. The first-order valence-corrected chi connectivity index (χ1v) is 7.20. The molecule has 0 unspecified atom stereocenters. The molecular weight excluding hydrogens is 264 g/mol. The molecule has 2 aromatic rings. The number of hydrogen-bond donors (Lipinski definition) is 2. The molecule has 0 aliphatic rings. The van der Waals surface area contributed by atoms with Crippen molar-refractivity contribution in [1.82, 2.24) is 15.1 Å². The Morgan fingerprint density at radius 2 is 2.05 bits per heavy atom. The van der Waals surface area contributed by atoms with Crippen LogP contribution in [-0.2, 0) is 24.7 Å². The minimum Gasteiger partial charge on any atom is -0.354 e. The highest BCUT2D eigenvalue weighted by atomic mass is 16.2. The number of benzene rings is 1. The van der Waals surface area contributed by atoms with Gasteiger partial charge in [-0.25, -0.2) is 0 Å².